The quantitative estimate of drug-likeness (QED) is 0.649. The van der Waals surface area contributed by atoms with E-state index in [-0.39, 0.29) is 31.2 Å². The summed E-state index contributed by atoms with van der Waals surface area (Å²) >= 11 is 0. The lowest BCUT2D eigenvalue weighted by Gasteiger charge is -2.40. The molecule has 7 nitrogen and oxygen atoms in total. The van der Waals surface area contributed by atoms with Gasteiger partial charge in [0.15, 0.2) is 11.5 Å². The lowest BCUT2D eigenvalue weighted by molar-refractivity contribution is -0.134. The standard InChI is InChI=1S/C25H27F2N3O4/c1-2-25(18-5-7-29(8-6-18)13-17-9-19(26)12-20(27)10-17)23(31)30(24(32)28-25)14-16-3-4-21-22(11-16)34-15-33-21/h3-4,9-12,18H,2,5-8,13-15H2,1H3,(H,28,32)/t25-/m1/s1. The average molecular weight is 472 g/mol. The van der Waals surface area contributed by atoms with Crippen LogP contribution in [0.1, 0.15) is 37.3 Å². The number of carbonyl (C=O) groups is 2. The van der Waals surface area contributed by atoms with Crippen molar-refractivity contribution in [3.05, 3.63) is 59.2 Å². The average Bonchev–Trinajstić information content (AvgIpc) is 3.37. The zero-order valence-corrected chi connectivity index (χ0v) is 19.0. The highest BCUT2D eigenvalue weighted by molar-refractivity contribution is 6.07. The van der Waals surface area contributed by atoms with E-state index in [2.05, 4.69) is 10.2 Å². The molecule has 2 aromatic rings. The van der Waals surface area contributed by atoms with Crippen molar-refractivity contribution in [2.45, 2.75) is 44.8 Å². The van der Waals surface area contributed by atoms with E-state index >= 15 is 0 Å². The van der Waals surface area contributed by atoms with Crippen molar-refractivity contribution in [1.82, 2.24) is 15.1 Å². The number of carbonyl (C=O) groups excluding carboxylic acids is 2. The van der Waals surface area contributed by atoms with E-state index in [1.165, 1.54) is 17.0 Å². The summed E-state index contributed by atoms with van der Waals surface area (Å²) in [5.41, 5.74) is 0.433. The highest BCUT2D eigenvalue weighted by atomic mass is 19.1. The molecule has 0 spiro atoms. The Morgan fingerprint density at radius 1 is 0.971 bits per heavy atom. The molecule has 3 amide bonds. The zero-order chi connectivity index (χ0) is 23.9. The van der Waals surface area contributed by atoms with Crippen LogP contribution in [0.25, 0.3) is 0 Å². The Labute approximate surface area is 196 Å². The van der Waals surface area contributed by atoms with Crippen LogP contribution in [0.2, 0.25) is 0 Å². The molecule has 1 N–H and O–H groups in total. The Kier molecular flexibility index (Phi) is 5.89. The second-order valence-corrected chi connectivity index (χ2v) is 9.16. The number of halogens is 2. The number of hydrogen-bond acceptors (Lipinski definition) is 5. The third-order valence-corrected chi connectivity index (χ3v) is 7.15. The second kappa shape index (κ2) is 8.87. The molecular weight excluding hydrogens is 444 g/mol. The number of imide groups is 1. The van der Waals surface area contributed by atoms with E-state index in [0.29, 0.717) is 56.0 Å². The lowest BCUT2D eigenvalue weighted by atomic mass is 9.75. The van der Waals surface area contributed by atoms with Gasteiger partial charge >= 0.3 is 6.03 Å². The number of ether oxygens (including phenoxy) is 2. The fourth-order valence-corrected chi connectivity index (χ4v) is 5.36. The first-order valence-electron chi connectivity index (χ1n) is 11.6. The van der Waals surface area contributed by atoms with Crippen molar-refractivity contribution in [2.24, 2.45) is 5.92 Å². The first kappa shape index (κ1) is 22.6. The van der Waals surface area contributed by atoms with Gasteiger partial charge in [0.2, 0.25) is 6.79 Å². The third kappa shape index (κ3) is 4.09. The number of benzene rings is 2. The first-order chi connectivity index (χ1) is 16.4. The lowest BCUT2D eigenvalue weighted by Crippen LogP contribution is -2.55. The monoisotopic (exact) mass is 471 g/mol. The highest BCUT2D eigenvalue weighted by Gasteiger charge is 2.54. The maximum absolute atomic E-state index is 13.5. The molecule has 0 bridgehead atoms. The minimum atomic E-state index is -0.940. The van der Waals surface area contributed by atoms with Crippen LogP contribution in [-0.2, 0) is 17.9 Å². The predicted molar refractivity (Wildman–Crippen MR) is 119 cm³/mol. The van der Waals surface area contributed by atoms with Crippen LogP contribution in [0.3, 0.4) is 0 Å². The normalized spacial score (nSPS) is 23.0. The summed E-state index contributed by atoms with van der Waals surface area (Å²) in [4.78, 5) is 29.8. The number of amides is 3. The van der Waals surface area contributed by atoms with E-state index in [0.717, 1.165) is 11.6 Å². The van der Waals surface area contributed by atoms with Gasteiger partial charge in [0.25, 0.3) is 5.91 Å². The smallest absolute Gasteiger partial charge is 0.325 e. The molecule has 1 atom stereocenters. The molecule has 9 heteroatoms. The van der Waals surface area contributed by atoms with Crippen molar-refractivity contribution in [2.75, 3.05) is 19.9 Å². The summed E-state index contributed by atoms with van der Waals surface area (Å²) in [6.07, 6.45) is 1.90. The first-order valence-corrected chi connectivity index (χ1v) is 11.6. The van der Waals surface area contributed by atoms with E-state index in [4.69, 9.17) is 9.47 Å². The van der Waals surface area contributed by atoms with Gasteiger partial charge < -0.3 is 14.8 Å². The van der Waals surface area contributed by atoms with Gasteiger partial charge in [-0.25, -0.2) is 13.6 Å². The van der Waals surface area contributed by atoms with Crippen molar-refractivity contribution in [1.29, 1.82) is 0 Å². The van der Waals surface area contributed by atoms with E-state index in [9.17, 15) is 18.4 Å². The Hall–Kier alpha value is -3.20. The third-order valence-electron chi connectivity index (χ3n) is 7.15. The molecule has 5 rings (SSSR count). The summed E-state index contributed by atoms with van der Waals surface area (Å²) in [6.45, 7) is 4.04. The van der Waals surface area contributed by atoms with Gasteiger partial charge in [-0.2, -0.15) is 0 Å². The van der Waals surface area contributed by atoms with Crippen LogP contribution in [0.4, 0.5) is 13.6 Å². The van der Waals surface area contributed by atoms with Gasteiger partial charge in [-0.05, 0) is 73.7 Å². The molecule has 0 aliphatic carbocycles. The second-order valence-electron chi connectivity index (χ2n) is 9.16. The molecule has 3 heterocycles. The molecule has 2 saturated heterocycles. The maximum atomic E-state index is 13.5. The minimum absolute atomic E-state index is 0.0174. The number of rotatable bonds is 6. The number of nitrogens with zero attached hydrogens (tertiary/aromatic N) is 2. The summed E-state index contributed by atoms with van der Waals surface area (Å²) in [5, 5.41) is 3.00. The largest absolute Gasteiger partial charge is 0.454 e. The van der Waals surface area contributed by atoms with E-state index < -0.39 is 17.2 Å². The summed E-state index contributed by atoms with van der Waals surface area (Å²) in [5.74, 6) is -0.138. The summed E-state index contributed by atoms with van der Waals surface area (Å²) in [6, 6.07) is 8.57. The molecule has 3 aliphatic rings. The molecule has 2 fully saturated rings. The molecule has 34 heavy (non-hydrogen) atoms. The van der Waals surface area contributed by atoms with Gasteiger partial charge in [-0.1, -0.05) is 13.0 Å². The summed E-state index contributed by atoms with van der Waals surface area (Å²) in [7, 11) is 0. The Balaban J connectivity index is 1.25. The van der Waals surface area contributed by atoms with Crippen molar-refractivity contribution >= 4 is 11.9 Å². The Bertz CT molecular complexity index is 1100. The maximum Gasteiger partial charge on any atom is 0.325 e. The number of fused-ring (bicyclic) bond motifs is 1. The number of nitrogens with one attached hydrogen (secondary N) is 1. The Morgan fingerprint density at radius 3 is 2.38 bits per heavy atom. The molecule has 0 radical (unpaired) electrons. The molecule has 0 unspecified atom stereocenters. The van der Waals surface area contributed by atoms with Gasteiger partial charge in [-0.3, -0.25) is 14.6 Å². The predicted octanol–water partition coefficient (Wildman–Crippen LogP) is 3.81. The molecule has 0 saturated carbocycles. The SMILES string of the molecule is CC[C@]1(C2CCN(Cc3cc(F)cc(F)c3)CC2)NC(=O)N(Cc2ccc3c(c2)OCO3)C1=O. The molecular formula is C25H27F2N3O4. The van der Waals surface area contributed by atoms with Gasteiger partial charge in [-0.15, -0.1) is 0 Å². The molecule has 0 aromatic heterocycles. The molecule has 180 valence electrons. The van der Waals surface area contributed by atoms with Crippen LogP contribution in [0.15, 0.2) is 36.4 Å². The van der Waals surface area contributed by atoms with Crippen LogP contribution < -0.4 is 14.8 Å². The van der Waals surface area contributed by atoms with Crippen LogP contribution in [0.5, 0.6) is 11.5 Å². The fraction of sp³-hybridized carbons (Fsp3) is 0.440. The van der Waals surface area contributed by atoms with Gasteiger partial charge in [0, 0.05) is 12.6 Å². The molecule has 3 aliphatic heterocycles. The topological polar surface area (TPSA) is 71.1 Å². The Morgan fingerprint density at radius 2 is 1.68 bits per heavy atom. The number of likely N-dealkylation sites (tertiary alicyclic amines) is 1. The number of hydrogen-bond donors (Lipinski definition) is 1. The van der Waals surface area contributed by atoms with Crippen LogP contribution in [-0.4, -0.2) is 47.2 Å². The number of piperidine rings is 1. The summed E-state index contributed by atoms with van der Waals surface area (Å²) < 4.78 is 37.8. The van der Waals surface area contributed by atoms with E-state index in [1.54, 1.807) is 12.1 Å². The minimum Gasteiger partial charge on any atom is -0.454 e. The molecule has 2 aromatic carbocycles. The van der Waals surface area contributed by atoms with Crippen molar-refractivity contribution in [3.8, 4) is 11.5 Å². The fourth-order valence-electron chi connectivity index (χ4n) is 5.36. The highest BCUT2D eigenvalue weighted by Crippen LogP contribution is 2.38. The van der Waals surface area contributed by atoms with Gasteiger partial charge in [0.05, 0.1) is 6.54 Å². The number of urea groups is 1. The van der Waals surface area contributed by atoms with Crippen LogP contribution in [0, 0.1) is 17.6 Å². The zero-order valence-electron chi connectivity index (χ0n) is 19.0. The van der Waals surface area contributed by atoms with Crippen molar-refractivity contribution < 1.29 is 27.8 Å². The van der Waals surface area contributed by atoms with E-state index in [1.807, 2.05) is 13.0 Å². The van der Waals surface area contributed by atoms with Crippen LogP contribution >= 0.6 is 0 Å². The van der Waals surface area contributed by atoms with Gasteiger partial charge in [0.1, 0.15) is 17.2 Å². The van der Waals surface area contributed by atoms with Crippen molar-refractivity contribution in [3.63, 3.8) is 0 Å².